The van der Waals surface area contributed by atoms with Gasteiger partial charge in [-0.1, -0.05) is 13.8 Å². The number of benzene rings is 1. The van der Waals surface area contributed by atoms with Gasteiger partial charge in [-0.3, -0.25) is 14.5 Å². The van der Waals surface area contributed by atoms with Crippen molar-refractivity contribution in [3.63, 3.8) is 0 Å². The molecule has 5 heteroatoms. The molecule has 1 aromatic carbocycles. The molecular formula is C19H25NO4. The van der Waals surface area contributed by atoms with E-state index < -0.39 is 5.97 Å². The summed E-state index contributed by atoms with van der Waals surface area (Å²) >= 11 is 0. The number of fused-ring (bicyclic) bond motifs is 3. The lowest BCUT2D eigenvalue weighted by molar-refractivity contribution is -0.132. The first-order valence-electron chi connectivity index (χ1n) is 8.66. The Balaban J connectivity index is 1.88. The van der Waals surface area contributed by atoms with Crippen LogP contribution in [0.25, 0.3) is 0 Å². The molecule has 2 aliphatic rings. The highest BCUT2D eigenvalue weighted by molar-refractivity contribution is 5.83. The van der Waals surface area contributed by atoms with Crippen LogP contribution < -0.4 is 4.74 Å². The maximum Gasteiger partial charge on any atom is 0.308 e. The van der Waals surface area contributed by atoms with Crippen LogP contribution in [0.1, 0.15) is 50.8 Å². The van der Waals surface area contributed by atoms with Crippen LogP contribution in [-0.4, -0.2) is 34.8 Å². The lowest BCUT2D eigenvalue weighted by atomic mass is 9.80. The normalized spacial score (nSPS) is 23.8. The van der Waals surface area contributed by atoms with Crippen LogP contribution in [-0.2, 0) is 16.0 Å². The Morgan fingerprint density at radius 1 is 1.42 bits per heavy atom. The molecule has 5 nitrogen and oxygen atoms in total. The van der Waals surface area contributed by atoms with Crippen molar-refractivity contribution in [1.29, 1.82) is 0 Å². The molecule has 0 radical (unpaired) electrons. The van der Waals surface area contributed by atoms with E-state index in [1.54, 1.807) is 12.1 Å². The predicted molar refractivity (Wildman–Crippen MR) is 90.0 cm³/mol. The summed E-state index contributed by atoms with van der Waals surface area (Å²) in [4.78, 5) is 26.1. The molecule has 0 spiro atoms. The highest BCUT2D eigenvalue weighted by Gasteiger charge is 2.38. The van der Waals surface area contributed by atoms with E-state index in [2.05, 4.69) is 18.7 Å². The molecule has 0 saturated carbocycles. The predicted octanol–water partition coefficient (Wildman–Crippen LogP) is 2.85. The van der Waals surface area contributed by atoms with Crippen LogP contribution >= 0.6 is 0 Å². The Bertz CT molecular complexity index is 668. The quantitative estimate of drug-likeness (QED) is 0.681. The Labute approximate surface area is 142 Å². The van der Waals surface area contributed by atoms with Gasteiger partial charge in [0, 0.05) is 38.4 Å². The van der Waals surface area contributed by atoms with E-state index in [-0.39, 0.29) is 23.5 Å². The molecule has 0 amide bonds. The number of Topliss-reactive ketones (excluding diaryl/α,β-unsaturated/α-hetero) is 1. The number of carbonyl (C=O) groups is 2. The van der Waals surface area contributed by atoms with Crippen molar-refractivity contribution in [2.75, 3.05) is 13.1 Å². The molecule has 130 valence electrons. The highest BCUT2D eigenvalue weighted by Crippen LogP contribution is 2.42. The van der Waals surface area contributed by atoms with Gasteiger partial charge >= 0.3 is 5.97 Å². The van der Waals surface area contributed by atoms with Gasteiger partial charge in [0.1, 0.15) is 5.78 Å². The molecule has 0 aromatic heterocycles. The third-order valence-corrected chi connectivity index (χ3v) is 5.00. The smallest absolute Gasteiger partial charge is 0.308 e. The zero-order chi connectivity index (χ0) is 17.4. The summed E-state index contributed by atoms with van der Waals surface area (Å²) in [6.07, 6.45) is 2.26. The molecule has 2 heterocycles. The minimum atomic E-state index is -0.463. The molecular weight excluding hydrogens is 306 g/mol. The number of ketones is 1. The topological polar surface area (TPSA) is 66.8 Å². The second-order valence-electron chi connectivity index (χ2n) is 7.37. The molecule has 3 rings (SSSR count). The lowest BCUT2D eigenvalue weighted by Crippen LogP contribution is -2.46. The van der Waals surface area contributed by atoms with Gasteiger partial charge in [0.15, 0.2) is 11.5 Å². The maximum absolute atomic E-state index is 12.6. The monoisotopic (exact) mass is 331 g/mol. The van der Waals surface area contributed by atoms with Crippen molar-refractivity contribution in [1.82, 2.24) is 4.90 Å². The van der Waals surface area contributed by atoms with Gasteiger partial charge in [-0.15, -0.1) is 0 Å². The molecule has 2 atom stereocenters. The van der Waals surface area contributed by atoms with E-state index in [9.17, 15) is 14.7 Å². The van der Waals surface area contributed by atoms with Crippen molar-refractivity contribution >= 4 is 11.8 Å². The molecule has 1 fully saturated rings. The highest BCUT2D eigenvalue weighted by atomic mass is 16.5. The molecule has 2 unspecified atom stereocenters. The minimum Gasteiger partial charge on any atom is -0.504 e. The van der Waals surface area contributed by atoms with Crippen molar-refractivity contribution in [2.45, 2.75) is 46.1 Å². The Kier molecular flexibility index (Phi) is 4.63. The molecule has 1 saturated heterocycles. The summed E-state index contributed by atoms with van der Waals surface area (Å²) < 4.78 is 5.10. The summed E-state index contributed by atoms with van der Waals surface area (Å²) in [6.45, 7) is 7.31. The Morgan fingerprint density at radius 3 is 2.83 bits per heavy atom. The van der Waals surface area contributed by atoms with E-state index in [4.69, 9.17) is 4.74 Å². The molecule has 0 bridgehead atoms. The standard InChI is InChI=1S/C19H25NO4/c1-11(2)6-14-10-20-5-4-13-7-18(23)19(24-12(3)21)8-15(13)16(20)9-17(14)22/h7-8,11,14,16,23H,4-6,9-10H2,1-3H3. The number of phenolic OH excluding ortho intramolecular Hbond substituents is 1. The largest absolute Gasteiger partial charge is 0.504 e. The minimum absolute atomic E-state index is 0.0165. The Morgan fingerprint density at radius 2 is 2.17 bits per heavy atom. The number of hydrogen-bond donors (Lipinski definition) is 1. The Hall–Kier alpha value is -1.88. The first-order valence-corrected chi connectivity index (χ1v) is 8.66. The number of piperidine rings is 1. The van der Waals surface area contributed by atoms with Gasteiger partial charge in [0.05, 0.1) is 0 Å². The molecule has 0 aliphatic carbocycles. The first kappa shape index (κ1) is 17.0. The number of esters is 1. The van der Waals surface area contributed by atoms with Crippen molar-refractivity contribution in [2.24, 2.45) is 11.8 Å². The lowest BCUT2D eigenvalue weighted by Gasteiger charge is -2.43. The third-order valence-electron chi connectivity index (χ3n) is 5.00. The molecule has 24 heavy (non-hydrogen) atoms. The second-order valence-corrected chi connectivity index (χ2v) is 7.37. The fraction of sp³-hybridized carbons (Fsp3) is 0.579. The fourth-order valence-corrected chi connectivity index (χ4v) is 3.98. The third kappa shape index (κ3) is 3.31. The van der Waals surface area contributed by atoms with E-state index in [0.29, 0.717) is 18.1 Å². The van der Waals surface area contributed by atoms with Crippen LogP contribution in [0.4, 0.5) is 0 Å². The van der Waals surface area contributed by atoms with Gasteiger partial charge < -0.3 is 9.84 Å². The van der Waals surface area contributed by atoms with Gasteiger partial charge in [-0.2, -0.15) is 0 Å². The first-order chi connectivity index (χ1) is 11.3. The van der Waals surface area contributed by atoms with E-state index in [1.807, 2.05) is 0 Å². The van der Waals surface area contributed by atoms with Crippen LogP contribution in [0.5, 0.6) is 11.5 Å². The summed E-state index contributed by atoms with van der Waals surface area (Å²) in [5.74, 6) is 0.652. The molecule has 1 N–H and O–H groups in total. The van der Waals surface area contributed by atoms with Gasteiger partial charge in [-0.05, 0) is 42.0 Å². The van der Waals surface area contributed by atoms with Gasteiger partial charge in [0.2, 0.25) is 0 Å². The maximum atomic E-state index is 12.6. The van der Waals surface area contributed by atoms with E-state index >= 15 is 0 Å². The summed E-state index contributed by atoms with van der Waals surface area (Å²) in [5.41, 5.74) is 2.05. The number of phenols is 1. The molecule has 2 aliphatic heterocycles. The number of nitrogens with zero attached hydrogens (tertiary/aromatic N) is 1. The number of carbonyl (C=O) groups excluding carboxylic acids is 2. The number of hydrogen-bond acceptors (Lipinski definition) is 5. The second kappa shape index (κ2) is 6.55. The number of rotatable bonds is 3. The van der Waals surface area contributed by atoms with Crippen molar-refractivity contribution in [3.05, 3.63) is 23.3 Å². The SMILES string of the molecule is CC(=O)Oc1cc2c(cc1O)CCN1CC(CC(C)C)C(=O)CC21. The van der Waals surface area contributed by atoms with Crippen molar-refractivity contribution in [3.8, 4) is 11.5 Å². The van der Waals surface area contributed by atoms with Crippen molar-refractivity contribution < 1.29 is 19.4 Å². The average molecular weight is 331 g/mol. The van der Waals surface area contributed by atoms with Gasteiger partial charge in [-0.25, -0.2) is 0 Å². The summed E-state index contributed by atoms with van der Waals surface area (Å²) in [6, 6.07) is 3.44. The van der Waals surface area contributed by atoms with Crippen LogP contribution in [0, 0.1) is 11.8 Å². The van der Waals surface area contributed by atoms with Crippen LogP contribution in [0.2, 0.25) is 0 Å². The average Bonchev–Trinajstić information content (AvgIpc) is 2.48. The summed E-state index contributed by atoms with van der Waals surface area (Å²) in [5, 5.41) is 10.0. The number of aromatic hydroxyl groups is 1. The van der Waals surface area contributed by atoms with E-state index in [1.165, 1.54) is 6.92 Å². The van der Waals surface area contributed by atoms with Crippen LogP contribution in [0.3, 0.4) is 0 Å². The zero-order valence-electron chi connectivity index (χ0n) is 14.5. The zero-order valence-corrected chi connectivity index (χ0v) is 14.5. The fourth-order valence-electron chi connectivity index (χ4n) is 3.98. The molecule has 1 aromatic rings. The van der Waals surface area contributed by atoms with E-state index in [0.717, 1.165) is 37.1 Å². The number of ether oxygens (including phenoxy) is 1. The van der Waals surface area contributed by atoms with Crippen LogP contribution in [0.15, 0.2) is 12.1 Å². The summed E-state index contributed by atoms with van der Waals surface area (Å²) in [7, 11) is 0. The van der Waals surface area contributed by atoms with Gasteiger partial charge in [0.25, 0.3) is 0 Å².